The Morgan fingerprint density at radius 1 is 1.04 bits per heavy atom. The molecule has 4 heterocycles. The van der Waals surface area contributed by atoms with Crippen molar-refractivity contribution in [3.8, 4) is 0 Å². The Morgan fingerprint density at radius 3 is 2.58 bits per heavy atom. The summed E-state index contributed by atoms with van der Waals surface area (Å²) in [6.07, 6.45) is 6.76. The second-order valence-corrected chi connectivity index (χ2v) is 12.4. The van der Waals surface area contributed by atoms with Crippen molar-refractivity contribution in [2.45, 2.75) is 63.4 Å². The number of hydrogen-bond acceptors (Lipinski definition) is 7. The molecular weight excluding hydrogens is 574 g/mol. The number of ether oxygens (including phenoxy) is 2. The molecule has 2 aromatic carbocycles. The van der Waals surface area contributed by atoms with Crippen LogP contribution in [0.4, 0.5) is 5.69 Å². The minimum absolute atomic E-state index is 0.0697. The number of benzene rings is 2. The molecule has 45 heavy (non-hydrogen) atoms. The summed E-state index contributed by atoms with van der Waals surface area (Å²) in [6.45, 7) is 5.39. The van der Waals surface area contributed by atoms with E-state index in [2.05, 4.69) is 5.32 Å². The van der Waals surface area contributed by atoms with Gasteiger partial charge in [0.1, 0.15) is 18.2 Å². The van der Waals surface area contributed by atoms with Crippen LogP contribution in [0.5, 0.6) is 0 Å². The first-order valence-corrected chi connectivity index (χ1v) is 15.5. The lowest BCUT2D eigenvalue weighted by molar-refractivity contribution is -0.146. The van der Waals surface area contributed by atoms with E-state index in [1.54, 1.807) is 30.1 Å². The van der Waals surface area contributed by atoms with Gasteiger partial charge in [0.2, 0.25) is 11.8 Å². The van der Waals surface area contributed by atoms with Crippen LogP contribution in [-0.4, -0.2) is 77.2 Å². The Bertz CT molecular complexity index is 1560. The average molecular weight is 614 g/mol. The number of aryl methyl sites for hydroxylation is 2. The lowest BCUT2D eigenvalue weighted by Gasteiger charge is -2.37. The molecule has 6 rings (SSSR count). The third-order valence-electron chi connectivity index (χ3n) is 9.40. The Labute approximate surface area is 262 Å². The van der Waals surface area contributed by atoms with Crippen LogP contribution in [0.3, 0.4) is 0 Å². The Hall–Kier alpha value is -4.28. The highest BCUT2D eigenvalue weighted by Crippen LogP contribution is 2.53. The third-order valence-corrected chi connectivity index (χ3v) is 9.40. The number of likely N-dealkylation sites (tertiary alicyclic amines) is 1. The van der Waals surface area contributed by atoms with Crippen LogP contribution in [0.1, 0.15) is 42.5 Å². The molecule has 10 nitrogen and oxygen atoms in total. The van der Waals surface area contributed by atoms with Crippen LogP contribution >= 0.6 is 0 Å². The highest BCUT2D eigenvalue weighted by Gasteiger charge is 2.72. The number of aliphatic hydroxyl groups is 1. The van der Waals surface area contributed by atoms with Crippen molar-refractivity contribution in [1.82, 2.24) is 10.2 Å². The van der Waals surface area contributed by atoms with Gasteiger partial charge in [-0.25, -0.2) is 0 Å². The topological polar surface area (TPSA) is 125 Å². The van der Waals surface area contributed by atoms with E-state index >= 15 is 0 Å². The van der Waals surface area contributed by atoms with Crippen LogP contribution in [0.2, 0.25) is 0 Å². The van der Waals surface area contributed by atoms with Gasteiger partial charge in [-0.15, -0.1) is 0 Å². The number of nitrogens with one attached hydrogen (secondary N) is 1. The van der Waals surface area contributed by atoms with Crippen molar-refractivity contribution in [3.63, 3.8) is 0 Å². The van der Waals surface area contributed by atoms with Gasteiger partial charge in [-0.3, -0.25) is 19.2 Å². The lowest BCUT2D eigenvalue weighted by Crippen LogP contribution is -2.57. The molecule has 2 aromatic rings. The van der Waals surface area contributed by atoms with E-state index in [4.69, 9.17) is 9.47 Å². The number of allylic oxidation sites excluding steroid dienone is 1. The summed E-state index contributed by atoms with van der Waals surface area (Å²) >= 11 is 0. The summed E-state index contributed by atoms with van der Waals surface area (Å²) in [5, 5.41) is 13.3. The molecule has 0 aliphatic carbocycles. The number of hydrogen-bond donors (Lipinski definition) is 2. The predicted molar refractivity (Wildman–Crippen MR) is 166 cm³/mol. The maximum absolute atomic E-state index is 14.7. The molecule has 4 aliphatic rings. The first-order valence-electron chi connectivity index (χ1n) is 15.5. The molecule has 2 saturated heterocycles. The predicted octanol–water partition coefficient (Wildman–Crippen LogP) is 2.92. The number of cyclic esters (lactones) is 1. The molecule has 7 atom stereocenters. The number of esters is 1. The second-order valence-electron chi connectivity index (χ2n) is 12.4. The van der Waals surface area contributed by atoms with Crippen LogP contribution in [0, 0.1) is 25.7 Å². The number of carbonyl (C=O) groups excluding carboxylic acids is 4. The van der Waals surface area contributed by atoms with Crippen LogP contribution in [-0.2, 0) is 28.7 Å². The number of nitrogens with zero attached hydrogens (tertiary/aromatic N) is 2. The van der Waals surface area contributed by atoms with Crippen LogP contribution in [0.15, 0.2) is 72.8 Å². The van der Waals surface area contributed by atoms with Gasteiger partial charge >= 0.3 is 5.97 Å². The maximum atomic E-state index is 14.7. The summed E-state index contributed by atoms with van der Waals surface area (Å²) < 4.78 is 12.3. The fraction of sp³-hybridized carbons (Fsp3) is 0.429. The smallest absolute Gasteiger partial charge is 0.306 e. The minimum atomic E-state index is -1.46. The van der Waals surface area contributed by atoms with Crippen molar-refractivity contribution in [2.75, 3.05) is 24.7 Å². The minimum Gasteiger partial charge on any atom is -0.463 e. The fourth-order valence-electron chi connectivity index (χ4n) is 7.17. The Balaban J connectivity index is 1.45. The SMILES string of the molecule is Cc1ccc(C)c(N2CC=C[C@]34O[C@@H]5/C=C\CCC(=O)OC[C@@H](c6ccccc6)NC(=O)[C@@H]5[C@H]3C(=O)N([C@H](C)CO)[C@@H]4C2=O)c1. The summed E-state index contributed by atoms with van der Waals surface area (Å²) in [7, 11) is 0. The van der Waals surface area contributed by atoms with E-state index in [0.717, 1.165) is 22.4 Å². The highest BCUT2D eigenvalue weighted by atomic mass is 16.5. The van der Waals surface area contributed by atoms with Crippen molar-refractivity contribution in [1.29, 1.82) is 0 Å². The number of fused-ring (bicyclic) bond motifs is 2. The summed E-state index contributed by atoms with van der Waals surface area (Å²) in [6, 6.07) is 12.6. The zero-order chi connectivity index (χ0) is 31.9. The second kappa shape index (κ2) is 12.3. The monoisotopic (exact) mass is 613 g/mol. The zero-order valence-corrected chi connectivity index (χ0v) is 25.7. The molecule has 0 saturated carbocycles. The average Bonchev–Trinajstić information content (AvgIpc) is 3.43. The summed E-state index contributed by atoms with van der Waals surface area (Å²) in [5.74, 6) is -3.62. The van der Waals surface area contributed by atoms with E-state index in [0.29, 0.717) is 6.42 Å². The number of rotatable bonds is 4. The van der Waals surface area contributed by atoms with Crippen molar-refractivity contribution in [3.05, 3.63) is 89.5 Å². The lowest BCUT2D eigenvalue weighted by atomic mass is 9.77. The van der Waals surface area contributed by atoms with Crippen molar-refractivity contribution in [2.24, 2.45) is 11.8 Å². The van der Waals surface area contributed by atoms with E-state index in [1.807, 2.05) is 68.5 Å². The van der Waals surface area contributed by atoms with E-state index in [9.17, 15) is 24.3 Å². The first-order chi connectivity index (χ1) is 21.7. The molecule has 0 aromatic heterocycles. The first kappa shape index (κ1) is 30.7. The molecule has 0 bridgehead atoms. The van der Waals surface area contributed by atoms with E-state index in [-0.39, 0.29) is 38.1 Å². The molecule has 4 aliphatic heterocycles. The summed E-state index contributed by atoms with van der Waals surface area (Å²) in [5.41, 5.74) is 1.90. The van der Waals surface area contributed by atoms with Gasteiger partial charge in [-0.2, -0.15) is 0 Å². The Kier molecular flexibility index (Phi) is 8.37. The largest absolute Gasteiger partial charge is 0.463 e. The van der Waals surface area contributed by atoms with Crippen molar-refractivity contribution >= 4 is 29.4 Å². The highest BCUT2D eigenvalue weighted by molar-refractivity contribution is 6.06. The normalized spacial score (nSPS) is 31.5. The van der Waals surface area contributed by atoms with Gasteiger partial charge in [-0.05, 0) is 49.9 Å². The van der Waals surface area contributed by atoms with Crippen LogP contribution < -0.4 is 10.2 Å². The zero-order valence-electron chi connectivity index (χ0n) is 25.7. The standard InChI is InChI=1S/C35H39N3O7/c1-21-14-15-22(2)26(18-21)37-17-9-16-35-30(33(42)38(23(3)19-39)31(35)34(37)43)29-27(45-35)12-7-8-13-28(40)44-20-25(36-32(29)41)24-10-5-4-6-11-24/h4-7,9-12,14-16,18,23,25,27,29-31,39H,8,13,17,19-20H2,1-3H3,(H,36,41)/b12-7-/t23-,25+,27-,29+,30+,31-,35+/m1/s1. The van der Waals surface area contributed by atoms with Crippen LogP contribution in [0.25, 0.3) is 0 Å². The van der Waals surface area contributed by atoms with Gasteiger partial charge in [0.15, 0.2) is 0 Å². The number of aliphatic hydroxyl groups excluding tert-OH is 1. The third kappa shape index (κ3) is 5.36. The molecule has 3 amide bonds. The van der Waals surface area contributed by atoms with Gasteiger partial charge in [0.25, 0.3) is 5.91 Å². The quantitative estimate of drug-likeness (QED) is 0.401. The number of anilines is 1. The van der Waals surface area contributed by atoms with Crippen molar-refractivity contribution < 1.29 is 33.8 Å². The molecule has 0 unspecified atom stereocenters. The molecule has 0 radical (unpaired) electrons. The number of amides is 3. The maximum Gasteiger partial charge on any atom is 0.306 e. The van der Waals surface area contributed by atoms with Gasteiger partial charge < -0.3 is 29.7 Å². The summed E-state index contributed by atoms with van der Waals surface area (Å²) in [4.78, 5) is 59.0. The molecule has 2 N–H and O–H groups in total. The van der Waals surface area contributed by atoms with E-state index in [1.165, 1.54) is 4.90 Å². The fourth-order valence-corrected chi connectivity index (χ4v) is 7.17. The van der Waals surface area contributed by atoms with Gasteiger partial charge in [-0.1, -0.05) is 66.8 Å². The molecule has 2 fully saturated rings. The van der Waals surface area contributed by atoms with E-state index < -0.39 is 53.5 Å². The molecule has 236 valence electrons. The molecule has 10 heteroatoms. The van der Waals surface area contributed by atoms with Gasteiger partial charge in [0.05, 0.1) is 36.6 Å². The Morgan fingerprint density at radius 2 is 1.82 bits per heavy atom. The molecular formula is C35H39N3O7. The number of carbonyl (C=O) groups is 4. The van der Waals surface area contributed by atoms with Gasteiger partial charge in [0, 0.05) is 18.7 Å². The molecule has 1 spiro atoms.